The van der Waals surface area contributed by atoms with Crippen molar-refractivity contribution < 1.29 is 0 Å². The van der Waals surface area contributed by atoms with E-state index in [1.807, 2.05) is 6.07 Å². The Morgan fingerprint density at radius 1 is 1.47 bits per heavy atom. The van der Waals surface area contributed by atoms with Gasteiger partial charge < -0.3 is 0 Å². The quantitative estimate of drug-likeness (QED) is 0.735. The van der Waals surface area contributed by atoms with Crippen molar-refractivity contribution in [1.82, 2.24) is 25.2 Å². The van der Waals surface area contributed by atoms with Crippen molar-refractivity contribution >= 4 is 11.8 Å². The average molecular weight is 218 g/mol. The van der Waals surface area contributed by atoms with E-state index in [0.717, 1.165) is 0 Å². The Morgan fingerprint density at radius 2 is 2.33 bits per heavy atom. The zero-order valence-electron chi connectivity index (χ0n) is 7.82. The van der Waals surface area contributed by atoms with Crippen LogP contribution in [0.15, 0.2) is 28.4 Å². The van der Waals surface area contributed by atoms with E-state index in [2.05, 4.69) is 20.5 Å². The third-order valence-corrected chi connectivity index (χ3v) is 2.58. The van der Waals surface area contributed by atoms with Crippen molar-refractivity contribution in [3.05, 3.63) is 23.9 Å². The molecular weight excluding hydrogens is 212 g/mol. The molecule has 0 unspecified atom stereocenters. The van der Waals surface area contributed by atoms with Crippen molar-refractivity contribution in [3.8, 4) is 6.07 Å². The summed E-state index contributed by atoms with van der Waals surface area (Å²) >= 11 is 1.32. The molecule has 0 aliphatic carbocycles. The number of hydrogen-bond acceptors (Lipinski definition) is 6. The number of aromatic nitrogens is 5. The first-order valence-corrected chi connectivity index (χ1v) is 4.88. The van der Waals surface area contributed by atoms with Gasteiger partial charge in [0, 0.05) is 7.05 Å². The SMILES string of the molecule is Cn1nnnc1Sc1cccc(C#N)n1. The van der Waals surface area contributed by atoms with Crippen molar-refractivity contribution in [3.63, 3.8) is 0 Å². The lowest BCUT2D eigenvalue weighted by Crippen LogP contribution is -1.93. The minimum absolute atomic E-state index is 0.384. The van der Waals surface area contributed by atoms with Gasteiger partial charge in [0.05, 0.1) is 0 Å². The van der Waals surface area contributed by atoms with E-state index in [-0.39, 0.29) is 0 Å². The lowest BCUT2D eigenvalue weighted by molar-refractivity contribution is 0.664. The number of nitriles is 1. The third-order valence-electron chi connectivity index (χ3n) is 1.62. The number of rotatable bonds is 2. The lowest BCUT2D eigenvalue weighted by atomic mass is 10.4. The maximum Gasteiger partial charge on any atom is 0.215 e. The van der Waals surface area contributed by atoms with E-state index in [1.54, 1.807) is 29.9 Å². The zero-order valence-corrected chi connectivity index (χ0v) is 8.64. The summed E-state index contributed by atoms with van der Waals surface area (Å²) in [5.41, 5.74) is 0.384. The van der Waals surface area contributed by atoms with Crippen LogP contribution in [0.1, 0.15) is 5.69 Å². The van der Waals surface area contributed by atoms with Gasteiger partial charge in [-0.1, -0.05) is 6.07 Å². The summed E-state index contributed by atoms with van der Waals surface area (Å²) < 4.78 is 1.55. The van der Waals surface area contributed by atoms with Crippen LogP contribution < -0.4 is 0 Å². The predicted octanol–water partition coefficient (Wildman–Crippen LogP) is 0.628. The second-order valence-corrected chi connectivity index (χ2v) is 3.65. The number of aryl methyl sites for hydroxylation is 1. The van der Waals surface area contributed by atoms with Gasteiger partial charge in [-0.2, -0.15) is 5.26 Å². The summed E-state index contributed by atoms with van der Waals surface area (Å²) in [5.74, 6) is 0. The average Bonchev–Trinajstić information content (AvgIpc) is 2.65. The Balaban J connectivity index is 2.25. The molecule has 0 spiro atoms. The summed E-state index contributed by atoms with van der Waals surface area (Å²) in [6, 6.07) is 7.21. The minimum atomic E-state index is 0.384. The van der Waals surface area contributed by atoms with Gasteiger partial charge in [0.15, 0.2) is 0 Å². The molecule has 7 heteroatoms. The Labute approximate surface area is 89.9 Å². The van der Waals surface area contributed by atoms with Gasteiger partial charge in [0.2, 0.25) is 5.16 Å². The van der Waals surface area contributed by atoms with Gasteiger partial charge in [0.1, 0.15) is 16.8 Å². The van der Waals surface area contributed by atoms with Crippen LogP contribution in [-0.4, -0.2) is 25.2 Å². The fraction of sp³-hybridized carbons (Fsp3) is 0.125. The number of pyridine rings is 1. The summed E-state index contributed by atoms with van der Waals surface area (Å²) in [7, 11) is 1.75. The molecule has 0 amide bonds. The van der Waals surface area contributed by atoms with E-state index in [9.17, 15) is 0 Å². The first-order valence-electron chi connectivity index (χ1n) is 4.07. The predicted molar refractivity (Wildman–Crippen MR) is 51.9 cm³/mol. The molecule has 0 saturated carbocycles. The number of tetrazole rings is 1. The number of hydrogen-bond donors (Lipinski definition) is 0. The molecule has 0 saturated heterocycles. The summed E-state index contributed by atoms with van der Waals surface area (Å²) in [5, 5.41) is 21.0. The Bertz CT molecular complexity index is 514. The molecule has 0 aliphatic heterocycles. The molecule has 0 radical (unpaired) electrons. The van der Waals surface area contributed by atoms with Crippen molar-refractivity contribution in [1.29, 1.82) is 5.26 Å². The van der Waals surface area contributed by atoms with Crippen molar-refractivity contribution in [2.24, 2.45) is 7.05 Å². The first kappa shape index (κ1) is 9.61. The smallest absolute Gasteiger partial charge is 0.215 e. The Kier molecular flexibility index (Phi) is 2.60. The second-order valence-electron chi connectivity index (χ2n) is 2.66. The van der Waals surface area contributed by atoms with Gasteiger partial charge in [0.25, 0.3) is 0 Å². The summed E-state index contributed by atoms with van der Waals surface area (Å²) in [6.45, 7) is 0. The number of nitrogens with zero attached hydrogens (tertiary/aromatic N) is 6. The van der Waals surface area contributed by atoms with E-state index < -0.39 is 0 Å². The third kappa shape index (κ3) is 2.11. The summed E-state index contributed by atoms with van der Waals surface area (Å²) in [4.78, 5) is 4.10. The highest BCUT2D eigenvalue weighted by Gasteiger charge is 2.05. The van der Waals surface area contributed by atoms with Crippen LogP contribution in [0, 0.1) is 11.3 Å². The van der Waals surface area contributed by atoms with E-state index in [0.29, 0.717) is 15.9 Å². The van der Waals surface area contributed by atoms with Crippen LogP contribution in [0.25, 0.3) is 0 Å². The van der Waals surface area contributed by atoms with Crippen LogP contribution in [0.5, 0.6) is 0 Å². The van der Waals surface area contributed by atoms with Gasteiger partial charge in [-0.15, -0.1) is 5.10 Å². The second kappa shape index (κ2) is 4.06. The van der Waals surface area contributed by atoms with Gasteiger partial charge in [-0.05, 0) is 34.3 Å². The highest BCUT2D eigenvalue weighted by atomic mass is 32.2. The molecule has 6 nitrogen and oxygen atoms in total. The van der Waals surface area contributed by atoms with Crippen LogP contribution in [0.4, 0.5) is 0 Å². The van der Waals surface area contributed by atoms with Gasteiger partial charge in [-0.3, -0.25) is 0 Å². The topological polar surface area (TPSA) is 80.3 Å². The molecule has 2 aromatic rings. The fourth-order valence-electron chi connectivity index (χ4n) is 0.935. The normalized spacial score (nSPS) is 9.87. The van der Waals surface area contributed by atoms with Crippen molar-refractivity contribution in [2.45, 2.75) is 10.2 Å². The largest absolute Gasteiger partial charge is 0.230 e. The van der Waals surface area contributed by atoms with Crippen LogP contribution >= 0.6 is 11.8 Å². The molecule has 2 heterocycles. The Morgan fingerprint density at radius 3 is 3.00 bits per heavy atom. The highest BCUT2D eigenvalue weighted by molar-refractivity contribution is 7.99. The molecule has 0 fully saturated rings. The summed E-state index contributed by atoms with van der Waals surface area (Å²) in [6.07, 6.45) is 0. The first-order chi connectivity index (χ1) is 7.29. The lowest BCUT2D eigenvalue weighted by Gasteiger charge is -1.97. The fourth-order valence-corrected chi connectivity index (χ4v) is 1.66. The zero-order chi connectivity index (χ0) is 10.7. The molecule has 0 N–H and O–H groups in total. The molecule has 0 bridgehead atoms. The van der Waals surface area contributed by atoms with Crippen LogP contribution in [0.3, 0.4) is 0 Å². The van der Waals surface area contributed by atoms with Crippen LogP contribution in [0.2, 0.25) is 0 Å². The van der Waals surface area contributed by atoms with E-state index in [4.69, 9.17) is 5.26 Å². The molecule has 2 aromatic heterocycles. The maximum atomic E-state index is 8.68. The monoisotopic (exact) mass is 218 g/mol. The molecule has 0 atom stereocenters. The Hall–Kier alpha value is -1.94. The standard InChI is InChI=1S/C8H6N6S/c1-14-8(11-12-13-14)15-7-4-2-3-6(5-9)10-7/h2-4H,1H3. The molecule has 0 aromatic carbocycles. The molecular formula is C8H6N6S. The highest BCUT2D eigenvalue weighted by Crippen LogP contribution is 2.22. The van der Waals surface area contributed by atoms with Gasteiger partial charge in [-0.25, -0.2) is 9.67 Å². The van der Waals surface area contributed by atoms with Crippen LogP contribution in [-0.2, 0) is 7.05 Å². The maximum absolute atomic E-state index is 8.68. The van der Waals surface area contributed by atoms with E-state index >= 15 is 0 Å². The van der Waals surface area contributed by atoms with Crippen molar-refractivity contribution in [2.75, 3.05) is 0 Å². The van der Waals surface area contributed by atoms with Gasteiger partial charge >= 0.3 is 0 Å². The van der Waals surface area contributed by atoms with E-state index in [1.165, 1.54) is 11.8 Å². The molecule has 0 aliphatic rings. The molecule has 2 rings (SSSR count). The minimum Gasteiger partial charge on any atom is -0.230 e. The molecule has 74 valence electrons. The molecule has 15 heavy (non-hydrogen) atoms.